The Bertz CT molecular complexity index is 1870. The molecule has 0 radical (unpaired) electrons. The molecule has 0 saturated heterocycles. The first kappa shape index (κ1) is 22.8. The van der Waals surface area contributed by atoms with Crippen LogP contribution >= 0.6 is 0 Å². The normalized spacial score (nSPS) is 11.2. The average Bonchev–Trinajstić information content (AvgIpc) is 3.59. The van der Waals surface area contributed by atoms with Crippen molar-refractivity contribution >= 4 is 39.1 Å². The molecule has 39 heavy (non-hydrogen) atoms. The van der Waals surface area contributed by atoms with E-state index in [1.807, 2.05) is 104 Å². The second kappa shape index (κ2) is 9.50. The van der Waals surface area contributed by atoms with Crippen molar-refractivity contribution in [2.24, 2.45) is 7.05 Å². The molecule has 6 nitrogen and oxygen atoms in total. The molecule has 0 spiro atoms. The third-order valence-electron chi connectivity index (χ3n) is 6.65. The fourth-order valence-electron chi connectivity index (χ4n) is 4.88. The summed E-state index contributed by atoms with van der Waals surface area (Å²) in [6, 6.07) is 38.3. The minimum absolute atomic E-state index is 0.619. The van der Waals surface area contributed by atoms with Crippen LogP contribution in [0.4, 0.5) is 17.2 Å². The average molecular weight is 509 g/mol. The molecule has 0 amide bonds. The fourth-order valence-corrected chi connectivity index (χ4v) is 4.88. The molecule has 4 aromatic carbocycles. The maximum absolute atomic E-state index is 6.58. The number of hydrogen-bond acceptors (Lipinski definition) is 5. The Morgan fingerprint density at radius 1 is 0.744 bits per heavy atom. The van der Waals surface area contributed by atoms with Crippen LogP contribution in [0.2, 0.25) is 0 Å². The zero-order chi connectivity index (χ0) is 26.2. The second-order valence-electron chi connectivity index (χ2n) is 9.28. The number of nitrogens with zero attached hydrogens (tertiary/aromatic N) is 4. The lowest BCUT2D eigenvalue weighted by molar-refractivity contribution is 0.476. The van der Waals surface area contributed by atoms with Crippen LogP contribution in [0, 0.1) is 0 Å². The number of fused-ring (bicyclic) bond motifs is 3. The van der Waals surface area contributed by atoms with Crippen LogP contribution in [0.5, 0.6) is 11.5 Å². The number of anilines is 3. The van der Waals surface area contributed by atoms with Crippen molar-refractivity contribution in [1.29, 1.82) is 0 Å². The highest BCUT2D eigenvalue weighted by atomic mass is 16.5. The maximum Gasteiger partial charge on any atom is 0.178 e. The lowest BCUT2D eigenvalue weighted by Gasteiger charge is -2.24. The topological polar surface area (TPSA) is 56.3 Å². The van der Waals surface area contributed by atoms with E-state index in [1.54, 1.807) is 10.9 Å². The molecule has 188 valence electrons. The first-order chi connectivity index (χ1) is 19.2. The van der Waals surface area contributed by atoms with E-state index in [0.29, 0.717) is 17.1 Å². The summed E-state index contributed by atoms with van der Waals surface area (Å²) in [5.41, 5.74) is 5.26. The number of aromatic nitrogens is 3. The van der Waals surface area contributed by atoms with Gasteiger partial charge in [0, 0.05) is 47.5 Å². The molecular formula is C33H24N4O2. The highest BCUT2D eigenvalue weighted by Crippen LogP contribution is 2.43. The highest BCUT2D eigenvalue weighted by molar-refractivity contribution is 6.08. The molecule has 0 aliphatic carbocycles. The Labute approximate surface area is 225 Å². The van der Waals surface area contributed by atoms with Crippen molar-refractivity contribution in [2.75, 3.05) is 4.90 Å². The molecule has 3 aromatic heterocycles. The third kappa shape index (κ3) is 4.28. The van der Waals surface area contributed by atoms with E-state index < -0.39 is 0 Å². The molecule has 0 fully saturated rings. The van der Waals surface area contributed by atoms with E-state index in [9.17, 15) is 0 Å². The number of rotatable bonds is 6. The van der Waals surface area contributed by atoms with Gasteiger partial charge in [0.05, 0.1) is 11.4 Å². The first-order valence-corrected chi connectivity index (χ1v) is 12.7. The quantitative estimate of drug-likeness (QED) is 0.225. The molecule has 0 aliphatic rings. The van der Waals surface area contributed by atoms with Crippen LogP contribution in [0.1, 0.15) is 0 Å². The lowest BCUT2D eigenvalue weighted by atomic mass is 10.1. The summed E-state index contributed by atoms with van der Waals surface area (Å²) in [5.74, 6) is 2.12. The van der Waals surface area contributed by atoms with Crippen LogP contribution in [0.25, 0.3) is 33.2 Å². The predicted molar refractivity (Wildman–Crippen MR) is 155 cm³/mol. The van der Waals surface area contributed by atoms with Crippen LogP contribution in [0.15, 0.2) is 132 Å². The monoisotopic (exact) mass is 508 g/mol. The largest absolute Gasteiger partial charge is 0.453 e. The van der Waals surface area contributed by atoms with Crippen LogP contribution in [0.3, 0.4) is 0 Å². The summed E-state index contributed by atoms with van der Waals surface area (Å²) in [6.07, 6.45) is 3.73. The van der Waals surface area contributed by atoms with Gasteiger partial charge in [0.25, 0.3) is 0 Å². The molecule has 0 N–H and O–H groups in total. The summed E-state index contributed by atoms with van der Waals surface area (Å²) in [7, 11) is 1.91. The minimum Gasteiger partial charge on any atom is -0.453 e. The van der Waals surface area contributed by atoms with Gasteiger partial charge in [0.15, 0.2) is 11.3 Å². The van der Waals surface area contributed by atoms with E-state index in [1.165, 1.54) is 0 Å². The summed E-state index contributed by atoms with van der Waals surface area (Å²) < 4.78 is 14.7. The smallest absolute Gasteiger partial charge is 0.178 e. The molecule has 0 saturated carbocycles. The number of ether oxygens (including phenoxy) is 1. The highest BCUT2D eigenvalue weighted by Gasteiger charge is 2.20. The van der Waals surface area contributed by atoms with E-state index in [2.05, 4.69) is 39.2 Å². The first-order valence-electron chi connectivity index (χ1n) is 12.7. The summed E-state index contributed by atoms with van der Waals surface area (Å²) >= 11 is 0. The Morgan fingerprint density at radius 2 is 1.59 bits per heavy atom. The molecule has 6 heteroatoms. The van der Waals surface area contributed by atoms with E-state index >= 15 is 0 Å². The number of benzene rings is 4. The fraction of sp³-hybridized carbons (Fsp3) is 0.0303. The van der Waals surface area contributed by atoms with E-state index in [-0.39, 0.29) is 0 Å². The Morgan fingerprint density at radius 3 is 2.41 bits per heavy atom. The van der Waals surface area contributed by atoms with Gasteiger partial charge in [0.2, 0.25) is 0 Å². The minimum atomic E-state index is 0.619. The summed E-state index contributed by atoms with van der Waals surface area (Å²) in [6.45, 7) is 0. The standard InChI is InChI=1S/C33H24N4O2/c1-36-19-17-29(35-36)23-10-9-13-26(20-23)38-31-22-25(21-28-27-14-5-6-15-30(27)39-33(28)31)37(24-11-3-2-4-12-24)32-16-7-8-18-34-32/h2-22H,1H3. The van der Waals surface area contributed by atoms with Crippen molar-refractivity contribution in [3.63, 3.8) is 0 Å². The molecule has 0 unspecified atom stereocenters. The van der Waals surface area contributed by atoms with Gasteiger partial charge in [0.1, 0.15) is 17.2 Å². The van der Waals surface area contributed by atoms with Crippen molar-refractivity contribution in [2.45, 2.75) is 0 Å². The van der Waals surface area contributed by atoms with Gasteiger partial charge in [-0.1, -0.05) is 54.6 Å². The third-order valence-corrected chi connectivity index (χ3v) is 6.65. The zero-order valence-corrected chi connectivity index (χ0v) is 21.2. The molecule has 7 aromatic rings. The van der Waals surface area contributed by atoms with Crippen molar-refractivity contribution in [1.82, 2.24) is 14.8 Å². The van der Waals surface area contributed by atoms with E-state index in [0.717, 1.165) is 44.8 Å². The number of aryl methyl sites for hydroxylation is 1. The molecular weight excluding hydrogens is 484 g/mol. The number of para-hydroxylation sites is 2. The van der Waals surface area contributed by atoms with Crippen LogP contribution in [-0.4, -0.2) is 14.8 Å². The number of pyridine rings is 1. The van der Waals surface area contributed by atoms with Gasteiger partial charge < -0.3 is 9.15 Å². The number of furan rings is 1. The van der Waals surface area contributed by atoms with Gasteiger partial charge in [-0.2, -0.15) is 5.10 Å². The Balaban J connectivity index is 1.42. The summed E-state index contributed by atoms with van der Waals surface area (Å²) in [5, 5.41) is 6.53. The zero-order valence-electron chi connectivity index (χ0n) is 21.2. The molecule has 3 heterocycles. The van der Waals surface area contributed by atoms with Gasteiger partial charge in [-0.05, 0) is 54.6 Å². The van der Waals surface area contributed by atoms with E-state index in [4.69, 9.17) is 9.15 Å². The second-order valence-corrected chi connectivity index (χ2v) is 9.28. The SMILES string of the molecule is Cn1ccc(-c2cccc(Oc3cc(N(c4ccccc4)c4ccccn4)cc4c3oc3ccccc34)c2)n1. The van der Waals surface area contributed by atoms with Crippen LogP contribution < -0.4 is 9.64 Å². The van der Waals surface area contributed by atoms with Crippen molar-refractivity contribution in [3.8, 4) is 22.8 Å². The van der Waals surface area contributed by atoms with Gasteiger partial charge in [-0.15, -0.1) is 0 Å². The Hall–Kier alpha value is -5.36. The molecule has 0 aliphatic heterocycles. The lowest BCUT2D eigenvalue weighted by Crippen LogP contribution is -2.11. The van der Waals surface area contributed by atoms with Gasteiger partial charge >= 0.3 is 0 Å². The van der Waals surface area contributed by atoms with Crippen molar-refractivity contribution < 1.29 is 9.15 Å². The number of hydrogen-bond donors (Lipinski definition) is 0. The Kier molecular flexibility index (Phi) is 5.56. The molecule has 0 bridgehead atoms. The van der Waals surface area contributed by atoms with Gasteiger partial charge in [-0.3, -0.25) is 9.58 Å². The van der Waals surface area contributed by atoms with Crippen LogP contribution in [-0.2, 0) is 7.05 Å². The molecule has 7 rings (SSSR count). The predicted octanol–water partition coefficient (Wildman–Crippen LogP) is 8.64. The molecule has 0 atom stereocenters. The maximum atomic E-state index is 6.58. The van der Waals surface area contributed by atoms with Crippen molar-refractivity contribution in [3.05, 3.63) is 128 Å². The van der Waals surface area contributed by atoms with Gasteiger partial charge in [-0.25, -0.2) is 4.98 Å². The summed E-state index contributed by atoms with van der Waals surface area (Å²) in [4.78, 5) is 6.80.